The number of rotatable bonds is 5. The van der Waals surface area contributed by atoms with Crippen LogP contribution < -0.4 is 10.9 Å². The number of carbonyl (C=O) groups is 1. The van der Waals surface area contributed by atoms with E-state index < -0.39 is 0 Å². The van der Waals surface area contributed by atoms with Crippen molar-refractivity contribution in [1.29, 1.82) is 0 Å². The van der Waals surface area contributed by atoms with Gasteiger partial charge in [0.05, 0.1) is 0 Å². The number of fused-ring (bicyclic) bond motifs is 1. The van der Waals surface area contributed by atoms with Crippen LogP contribution in [0.2, 0.25) is 0 Å². The first-order valence-corrected chi connectivity index (χ1v) is 9.33. The Morgan fingerprint density at radius 2 is 2.08 bits per heavy atom. The number of benzene rings is 1. The van der Waals surface area contributed by atoms with Gasteiger partial charge >= 0.3 is 0 Å². The number of hydrogen-bond donors (Lipinski definition) is 1. The molecular formula is C16H16N4O2S2. The van der Waals surface area contributed by atoms with Crippen LogP contribution in [-0.4, -0.2) is 26.7 Å². The minimum Gasteiger partial charge on any atom is -0.350 e. The molecule has 0 aliphatic carbocycles. The summed E-state index contributed by atoms with van der Waals surface area (Å²) < 4.78 is 2.58. The molecule has 124 valence electrons. The van der Waals surface area contributed by atoms with Crippen molar-refractivity contribution >= 4 is 39.4 Å². The van der Waals surface area contributed by atoms with Crippen LogP contribution in [0.4, 0.5) is 0 Å². The van der Waals surface area contributed by atoms with E-state index in [4.69, 9.17) is 0 Å². The first kappa shape index (κ1) is 16.7. The molecule has 0 aliphatic rings. The molecule has 0 radical (unpaired) electrons. The molecule has 1 aromatic carbocycles. The van der Waals surface area contributed by atoms with Gasteiger partial charge in [-0.15, -0.1) is 11.3 Å². The van der Waals surface area contributed by atoms with E-state index in [-0.39, 0.29) is 18.0 Å². The van der Waals surface area contributed by atoms with Crippen LogP contribution in [0.5, 0.6) is 0 Å². The Hall–Kier alpha value is -2.19. The average Bonchev–Trinajstić information content (AvgIpc) is 3.01. The van der Waals surface area contributed by atoms with E-state index in [1.165, 1.54) is 39.6 Å². The summed E-state index contributed by atoms with van der Waals surface area (Å²) in [6, 6.07) is 7.93. The van der Waals surface area contributed by atoms with Crippen molar-refractivity contribution in [2.45, 2.75) is 24.4 Å². The molecule has 3 aromatic rings. The van der Waals surface area contributed by atoms with Crippen LogP contribution in [0.3, 0.4) is 0 Å². The zero-order valence-corrected chi connectivity index (χ0v) is 14.9. The normalized spacial score (nSPS) is 10.9. The van der Waals surface area contributed by atoms with Crippen LogP contribution in [0, 0.1) is 6.92 Å². The number of nitrogens with one attached hydrogen (secondary N) is 1. The second-order valence-electron chi connectivity index (χ2n) is 5.28. The first-order valence-electron chi connectivity index (χ1n) is 7.29. The molecule has 0 atom stereocenters. The van der Waals surface area contributed by atoms with Crippen molar-refractivity contribution in [3.05, 3.63) is 52.1 Å². The third-order valence-corrected chi connectivity index (χ3v) is 5.48. The molecule has 6 nitrogen and oxygen atoms in total. The van der Waals surface area contributed by atoms with E-state index in [1.807, 2.05) is 37.4 Å². The van der Waals surface area contributed by atoms with E-state index in [9.17, 15) is 9.59 Å². The van der Waals surface area contributed by atoms with Crippen molar-refractivity contribution in [2.24, 2.45) is 0 Å². The lowest BCUT2D eigenvalue weighted by Gasteiger charge is -2.07. The molecule has 2 aromatic heterocycles. The number of aromatic nitrogens is 3. The van der Waals surface area contributed by atoms with Crippen molar-refractivity contribution in [3.8, 4) is 0 Å². The molecule has 0 bridgehead atoms. The Labute approximate surface area is 147 Å². The molecule has 2 heterocycles. The van der Waals surface area contributed by atoms with E-state index in [0.717, 1.165) is 9.90 Å². The number of nitrogens with zero attached hydrogens (tertiary/aromatic N) is 3. The third kappa shape index (κ3) is 3.65. The fourth-order valence-electron chi connectivity index (χ4n) is 2.14. The van der Waals surface area contributed by atoms with Gasteiger partial charge in [0, 0.05) is 6.54 Å². The maximum Gasteiger partial charge on any atom is 0.273 e. The Morgan fingerprint density at radius 3 is 2.79 bits per heavy atom. The molecule has 0 saturated heterocycles. The van der Waals surface area contributed by atoms with Gasteiger partial charge in [-0.1, -0.05) is 41.6 Å². The number of thioether (sulfide) groups is 1. The highest BCUT2D eigenvalue weighted by atomic mass is 32.2. The summed E-state index contributed by atoms with van der Waals surface area (Å²) in [6.45, 7) is 2.39. The molecule has 0 saturated carbocycles. The predicted molar refractivity (Wildman–Crippen MR) is 96.5 cm³/mol. The molecule has 3 rings (SSSR count). The number of amides is 1. The van der Waals surface area contributed by atoms with Crippen molar-refractivity contribution in [3.63, 3.8) is 0 Å². The Bertz CT molecular complexity index is 931. The lowest BCUT2D eigenvalue weighted by atomic mass is 10.1. The molecule has 1 N–H and O–H groups in total. The molecule has 24 heavy (non-hydrogen) atoms. The SMILES string of the molecule is CSc1nc2ncn(CC(=O)NCc3ccc(C)cc3)c(=O)c2s1. The van der Waals surface area contributed by atoms with Crippen LogP contribution in [0.25, 0.3) is 10.3 Å². The van der Waals surface area contributed by atoms with Crippen LogP contribution >= 0.6 is 23.1 Å². The molecule has 0 unspecified atom stereocenters. The van der Waals surface area contributed by atoms with Gasteiger partial charge in [-0.3, -0.25) is 14.2 Å². The molecule has 0 fully saturated rings. The third-order valence-electron chi connectivity index (χ3n) is 3.46. The van der Waals surface area contributed by atoms with Crippen LogP contribution in [0.15, 0.2) is 39.7 Å². The number of thiazole rings is 1. The summed E-state index contributed by atoms with van der Waals surface area (Å²) >= 11 is 2.77. The molecule has 0 aliphatic heterocycles. The Kier molecular flexibility index (Phi) is 4.96. The standard InChI is InChI=1S/C16H16N4O2S2/c1-10-3-5-11(6-4-10)7-17-12(21)8-20-9-18-14-13(15(20)22)24-16(19-14)23-2/h3-6,9H,7-8H2,1-2H3,(H,17,21). The summed E-state index contributed by atoms with van der Waals surface area (Å²) in [5.74, 6) is -0.228. The summed E-state index contributed by atoms with van der Waals surface area (Å²) in [5.41, 5.74) is 2.39. The highest BCUT2D eigenvalue weighted by Crippen LogP contribution is 2.24. The quantitative estimate of drug-likeness (QED) is 0.706. The number of carbonyl (C=O) groups excluding carboxylic acids is 1. The fraction of sp³-hybridized carbons (Fsp3) is 0.250. The summed E-state index contributed by atoms with van der Waals surface area (Å²) in [4.78, 5) is 32.9. The van der Waals surface area contributed by atoms with Crippen molar-refractivity contribution < 1.29 is 4.79 Å². The fourth-order valence-corrected chi connectivity index (χ4v) is 3.61. The maximum absolute atomic E-state index is 12.4. The second-order valence-corrected chi connectivity index (χ2v) is 7.33. The van der Waals surface area contributed by atoms with Gasteiger partial charge in [-0.05, 0) is 18.7 Å². The van der Waals surface area contributed by atoms with Crippen molar-refractivity contribution in [1.82, 2.24) is 19.9 Å². The predicted octanol–water partition coefficient (Wildman–Crippen LogP) is 2.20. The first-order chi connectivity index (χ1) is 11.6. The van der Waals surface area contributed by atoms with Gasteiger partial charge in [-0.2, -0.15) is 0 Å². The largest absolute Gasteiger partial charge is 0.350 e. The zero-order valence-electron chi connectivity index (χ0n) is 13.3. The average molecular weight is 360 g/mol. The monoisotopic (exact) mass is 360 g/mol. The summed E-state index contributed by atoms with van der Waals surface area (Å²) in [6.07, 6.45) is 3.27. The molecule has 8 heteroatoms. The smallest absolute Gasteiger partial charge is 0.273 e. The van der Waals surface area contributed by atoms with Gasteiger partial charge in [-0.25, -0.2) is 9.97 Å². The van der Waals surface area contributed by atoms with Crippen LogP contribution in [-0.2, 0) is 17.9 Å². The topological polar surface area (TPSA) is 76.9 Å². The van der Waals surface area contributed by atoms with Gasteiger partial charge in [0.2, 0.25) is 5.91 Å². The zero-order chi connectivity index (χ0) is 17.1. The van der Waals surface area contributed by atoms with Gasteiger partial charge < -0.3 is 5.32 Å². The lowest BCUT2D eigenvalue weighted by Crippen LogP contribution is -2.31. The highest BCUT2D eigenvalue weighted by molar-refractivity contribution is 8.00. The summed E-state index contributed by atoms with van der Waals surface area (Å²) in [7, 11) is 0. The van der Waals surface area contributed by atoms with Crippen molar-refractivity contribution in [2.75, 3.05) is 6.26 Å². The lowest BCUT2D eigenvalue weighted by molar-refractivity contribution is -0.121. The Morgan fingerprint density at radius 1 is 1.33 bits per heavy atom. The van der Waals surface area contributed by atoms with Gasteiger partial charge in [0.1, 0.15) is 17.6 Å². The van der Waals surface area contributed by atoms with Gasteiger partial charge in [0.15, 0.2) is 9.99 Å². The number of aryl methyl sites for hydroxylation is 1. The van der Waals surface area contributed by atoms with E-state index in [2.05, 4.69) is 15.3 Å². The van der Waals surface area contributed by atoms with Crippen LogP contribution in [0.1, 0.15) is 11.1 Å². The second kappa shape index (κ2) is 7.14. The van der Waals surface area contributed by atoms with E-state index >= 15 is 0 Å². The Balaban J connectivity index is 1.69. The maximum atomic E-state index is 12.4. The van der Waals surface area contributed by atoms with Gasteiger partial charge in [0.25, 0.3) is 5.56 Å². The van der Waals surface area contributed by atoms with E-state index in [0.29, 0.717) is 16.9 Å². The minimum absolute atomic E-state index is 0.0554. The minimum atomic E-state index is -0.233. The summed E-state index contributed by atoms with van der Waals surface area (Å²) in [5, 5.41) is 2.82. The van der Waals surface area contributed by atoms with E-state index in [1.54, 1.807) is 0 Å². The number of hydrogen-bond acceptors (Lipinski definition) is 6. The highest BCUT2D eigenvalue weighted by Gasteiger charge is 2.12. The molecule has 0 spiro atoms. The molecule has 1 amide bonds. The molecular weight excluding hydrogens is 344 g/mol.